The van der Waals surface area contributed by atoms with Gasteiger partial charge in [0.05, 0.1) is 12.5 Å². The van der Waals surface area contributed by atoms with Crippen molar-refractivity contribution >= 4 is 5.91 Å². The lowest BCUT2D eigenvalue weighted by Gasteiger charge is -2.37. The standard InChI is InChI=1S/C19H25NO2/c1-13-18(2,3)15-9-10-19(13,11-15)17(21)20-12-14-5-7-16(22-4)8-6-14/h5-8,15H,1,9-12H2,2-4H3,(H,20,21). The van der Waals surface area contributed by atoms with E-state index in [1.165, 1.54) is 0 Å². The van der Waals surface area contributed by atoms with Crippen molar-refractivity contribution in [2.24, 2.45) is 16.7 Å². The number of benzene rings is 1. The van der Waals surface area contributed by atoms with Crippen molar-refractivity contribution in [2.45, 2.75) is 39.7 Å². The van der Waals surface area contributed by atoms with Crippen molar-refractivity contribution in [3.63, 3.8) is 0 Å². The van der Waals surface area contributed by atoms with E-state index in [1.54, 1.807) is 7.11 Å². The van der Waals surface area contributed by atoms with Crippen LogP contribution in [0.5, 0.6) is 5.75 Å². The second kappa shape index (κ2) is 5.15. The van der Waals surface area contributed by atoms with Gasteiger partial charge in [-0.1, -0.05) is 38.1 Å². The minimum absolute atomic E-state index is 0.0930. The minimum atomic E-state index is -0.333. The van der Waals surface area contributed by atoms with Crippen molar-refractivity contribution in [1.29, 1.82) is 0 Å². The van der Waals surface area contributed by atoms with Crippen LogP contribution in [0, 0.1) is 16.7 Å². The topological polar surface area (TPSA) is 38.3 Å². The molecule has 0 spiro atoms. The molecule has 2 bridgehead atoms. The molecule has 1 N–H and O–H groups in total. The van der Waals surface area contributed by atoms with Gasteiger partial charge in [0, 0.05) is 6.54 Å². The van der Waals surface area contributed by atoms with Gasteiger partial charge >= 0.3 is 0 Å². The van der Waals surface area contributed by atoms with E-state index in [2.05, 4.69) is 25.7 Å². The Morgan fingerprint density at radius 1 is 1.36 bits per heavy atom. The quantitative estimate of drug-likeness (QED) is 0.861. The Bertz CT molecular complexity index is 602. The number of hydrogen-bond donors (Lipinski definition) is 1. The summed E-state index contributed by atoms with van der Waals surface area (Å²) in [5.41, 5.74) is 1.97. The molecule has 1 aromatic rings. The van der Waals surface area contributed by atoms with Gasteiger partial charge in [-0.3, -0.25) is 4.79 Å². The van der Waals surface area contributed by atoms with Crippen LogP contribution in [0.3, 0.4) is 0 Å². The van der Waals surface area contributed by atoms with E-state index in [0.717, 1.165) is 36.1 Å². The summed E-state index contributed by atoms with van der Waals surface area (Å²) in [7, 11) is 1.65. The maximum Gasteiger partial charge on any atom is 0.230 e. The molecular formula is C19H25NO2. The fourth-order valence-electron chi connectivity index (χ4n) is 4.24. The van der Waals surface area contributed by atoms with Gasteiger partial charge in [0.25, 0.3) is 0 Å². The first-order chi connectivity index (χ1) is 10.4. The number of carbonyl (C=O) groups excluding carboxylic acids is 1. The van der Waals surface area contributed by atoms with Crippen molar-refractivity contribution < 1.29 is 9.53 Å². The molecule has 0 aromatic heterocycles. The Balaban J connectivity index is 1.68. The first kappa shape index (κ1) is 15.1. The third kappa shape index (κ3) is 2.15. The Labute approximate surface area is 132 Å². The zero-order valence-corrected chi connectivity index (χ0v) is 13.7. The Hall–Kier alpha value is -1.77. The van der Waals surface area contributed by atoms with Gasteiger partial charge in [0.1, 0.15) is 5.75 Å². The molecule has 0 radical (unpaired) electrons. The summed E-state index contributed by atoms with van der Waals surface area (Å²) in [5, 5.41) is 3.12. The fraction of sp³-hybridized carbons (Fsp3) is 0.526. The smallest absolute Gasteiger partial charge is 0.230 e. The highest BCUT2D eigenvalue weighted by atomic mass is 16.5. The molecule has 0 heterocycles. The van der Waals surface area contributed by atoms with E-state index >= 15 is 0 Å². The second-order valence-corrected chi connectivity index (χ2v) is 7.25. The zero-order chi connectivity index (χ0) is 16.0. The third-order valence-corrected chi connectivity index (χ3v) is 5.94. The van der Waals surface area contributed by atoms with Crippen LogP contribution in [0.25, 0.3) is 0 Å². The van der Waals surface area contributed by atoms with Gasteiger partial charge < -0.3 is 10.1 Å². The summed E-state index contributed by atoms with van der Waals surface area (Å²) in [4.78, 5) is 12.8. The summed E-state index contributed by atoms with van der Waals surface area (Å²) < 4.78 is 5.15. The maximum absolute atomic E-state index is 12.8. The number of amides is 1. The Morgan fingerprint density at radius 2 is 2.05 bits per heavy atom. The summed E-state index contributed by atoms with van der Waals surface area (Å²) >= 11 is 0. The summed E-state index contributed by atoms with van der Waals surface area (Å²) in [5.74, 6) is 1.59. The predicted molar refractivity (Wildman–Crippen MR) is 87.5 cm³/mol. The highest BCUT2D eigenvalue weighted by Crippen LogP contribution is 2.65. The molecule has 2 aliphatic carbocycles. The highest BCUT2D eigenvalue weighted by molar-refractivity contribution is 5.87. The lowest BCUT2D eigenvalue weighted by atomic mass is 9.68. The molecule has 2 atom stereocenters. The first-order valence-corrected chi connectivity index (χ1v) is 8.01. The molecule has 1 aromatic carbocycles. The lowest BCUT2D eigenvalue weighted by Crippen LogP contribution is -2.41. The minimum Gasteiger partial charge on any atom is -0.497 e. The van der Waals surface area contributed by atoms with Crippen LogP contribution in [0.1, 0.15) is 38.7 Å². The van der Waals surface area contributed by atoms with Crippen molar-refractivity contribution in [1.82, 2.24) is 5.32 Å². The van der Waals surface area contributed by atoms with Crippen molar-refractivity contribution in [3.8, 4) is 5.75 Å². The molecule has 22 heavy (non-hydrogen) atoms. The lowest BCUT2D eigenvalue weighted by molar-refractivity contribution is -0.128. The van der Waals surface area contributed by atoms with Gasteiger partial charge in [-0.15, -0.1) is 0 Å². The monoisotopic (exact) mass is 299 g/mol. The van der Waals surface area contributed by atoms with Crippen LogP contribution in [-0.2, 0) is 11.3 Å². The number of ether oxygens (including phenoxy) is 1. The molecular weight excluding hydrogens is 274 g/mol. The van der Waals surface area contributed by atoms with Crippen LogP contribution in [0.2, 0.25) is 0 Å². The molecule has 2 saturated carbocycles. The molecule has 0 aliphatic heterocycles. The second-order valence-electron chi connectivity index (χ2n) is 7.25. The SMILES string of the molecule is C=C1C2(C(=O)NCc3ccc(OC)cc3)CCC(C2)C1(C)C. The average molecular weight is 299 g/mol. The van der Waals surface area contributed by atoms with Crippen LogP contribution in [-0.4, -0.2) is 13.0 Å². The first-order valence-electron chi connectivity index (χ1n) is 8.01. The summed E-state index contributed by atoms with van der Waals surface area (Å²) in [6.07, 6.45) is 3.06. The number of methoxy groups -OCH3 is 1. The average Bonchev–Trinajstić information content (AvgIpc) is 3.05. The maximum atomic E-state index is 12.8. The summed E-state index contributed by atoms with van der Waals surface area (Å²) in [6.45, 7) is 9.31. The number of fused-ring (bicyclic) bond motifs is 2. The Morgan fingerprint density at radius 3 is 2.59 bits per heavy atom. The van der Waals surface area contributed by atoms with Crippen LogP contribution in [0.15, 0.2) is 36.4 Å². The molecule has 1 amide bonds. The molecule has 2 fully saturated rings. The zero-order valence-electron chi connectivity index (χ0n) is 13.7. The number of carbonyl (C=O) groups is 1. The number of nitrogens with one attached hydrogen (secondary N) is 1. The summed E-state index contributed by atoms with van der Waals surface area (Å²) in [6, 6.07) is 7.81. The largest absolute Gasteiger partial charge is 0.497 e. The van der Waals surface area contributed by atoms with E-state index < -0.39 is 0 Å². The molecule has 118 valence electrons. The molecule has 2 unspecified atom stereocenters. The van der Waals surface area contributed by atoms with Gasteiger partial charge in [0.15, 0.2) is 0 Å². The number of rotatable bonds is 4. The van der Waals surface area contributed by atoms with Gasteiger partial charge in [-0.25, -0.2) is 0 Å². The third-order valence-electron chi connectivity index (χ3n) is 5.94. The van der Waals surface area contributed by atoms with E-state index in [-0.39, 0.29) is 16.7 Å². The van der Waals surface area contributed by atoms with E-state index in [1.807, 2.05) is 24.3 Å². The van der Waals surface area contributed by atoms with Gasteiger partial charge in [0.2, 0.25) is 5.91 Å². The highest BCUT2D eigenvalue weighted by Gasteiger charge is 2.60. The van der Waals surface area contributed by atoms with E-state index in [4.69, 9.17) is 4.74 Å². The van der Waals surface area contributed by atoms with E-state index in [9.17, 15) is 4.79 Å². The number of hydrogen-bond acceptors (Lipinski definition) is 2. The molecule has 3 heteroatoms. The van der Waals surface area contributed by atoms with E-state index in [0.29, 0.717) is 12.5 Å². The van der Waals surface area contributed by atoms with Crippen LogP contribution < -0.4 is 10.1 Å². The Kier molecular flexibility index (Phi) is 3.54. The van der Waals surface area contributed by atoms with Gasteiger partial charge in [-0.05, 0) is 48.3 Å². The van der Waals surface area contributed by atoms with Crippen LogP contribution in [0.4, 0.5) is 0 Å². The molecule has 3 nitrogen and oxygen atoms in total. The van der Waals surface area contributed by atoms with Crippen LogP contribution >= 0.6 is 0 Å². The molecule has 2 aliphatic rings. The fourth-order valence-corrected chi connectivity index (χ4v) is 4.24. The predicted octanol–water partition coefficient (Wildman–Crippen LogP) is 3.69. The van der Waals surface area contributed by atoms with Crippen molar-refractivity contribution in [3.05, 3.63) is 42.0 Å². The van der Waals surface area contributed by atoms with Gasteiger partial charge in [-0.2, -0.15) is 0 Å². The molecule has 3 rings (SSSR count). The van der Waals surface area contributed by atoms with Crippen molar-refractivity contribution in [2.75, 3.05) is 7.11 Å². The normalized spacial score (nSPS) is 28.7. The molecule has 0 saturated heterocycles.